The fourth-order valence-electron chi connectivity index (χ4n) is 5.66. The van der Waals surface area contributed by atoms with Crippen LogP contribution >= 0.6 is 0 Å². The molecular formula is C33H34F2N5O6STl. The van der Waals surface area contributed by atoms with E-state index in [-0.39, 0.29) is 84.7 Å². The molecule has 0 bridgehead atoms. The summed E-state index contributed by atoms with van der Waals surface area (Å²) in [5.74, 6) is 1.64. The molecule has 250 valence electrons. The van der Waals surface area contributed by atoms with Crippen molar-refractivity contribution in [2.75, 3.05) is 32.0 Å². The molecule has 4 aromatic rings. The van der Waals surface area contributed by atoms with Gasteiger partial charge in [-0.05, 0) is 40.5 Å². The average Bonchev–Trinajstić information content (AvgIpc) is 3.39. The Morgan fingerprint density at radius 2 is 1.94 bits per heavy atom. The average molecular weight is 871 g/mol. The van der Waals surface area contributed by atoms with Crippen LogP contribution in [0, 0.1) is 21.0 Å². The van der Waals surface area contributed by atoms with Gasteiger partial charge in [-0.25, -0.2) is 4.79 Å². The van der Waals surface area contributed by atoms with E-state index in [1.54, 1.807) is 31.7 Å². The number of rotatable bonds is 8. The fourth-order valence-corrected chi connectivity index (χ4v) is 6.73. The molecular weight excluding hydrogens is 837 g/mol. The molecule has 1 aliphatic heterocycles. The van der Waals surface area contributed by atoms with Gasteiger partial charge in [-0.15, -0.1) is 0 Å². The van der Waals surface area contributed by atoms with Crippen molar-refractivity contribution >= 4 is 69.2 Å². The molecule has 3 heterocycles. The Hall–Kier alpha value is -3.69. The molecule has 2 atom stereocenters. The van der Waals surface area contributed by atoms with Crippen LogP contribution in [0.15, 0.2) is 35.6 Å². The molecule has 11 nitrogen and oxygen atoms in total. The van der Waals surface area contributed by atoms with Gasteiger partial charge in [0.25, 0.3) is 0 Å². The molecule has 2 unspecified atom stereocenters. The number of carbonyl (C=O) groups excluding carboxylic acids is 1. The molecule has 1 N–H and O–H groups in total. The van der Waals surface area contributed by atoms with Crippen LogP contribution in [0.3, 0.4) is 0 Å². The molecule has 2 aromatic heterocycles. The molecule has 0 aliphatic carbocycles. The predicted octanol–water partition coefficient (Wildman–Crippen LogP) is 5.19. The van der Waals surface area contributed by atoms with E-state index in [4.69, 9.17) is 14.2 Å². The number of methoxy groups -OCH3 is 1. The maximum atomic E-state index is 16.7. The predicted molar refractivity (Wildman–Crippen MR) is 177 cm³/mol. The second kappa shape index (κ2) is 14.0. The third-order valence-corrected chi connectivity index (χ3v) is 9.13. The summed E-state index contributed by atoms with van der Waals surface area (Å²) in [4.78, 5) is 27.5. The number of amides is 1. The summed E-state index contributed by atoms with van der Waals surface area (Å²) < 4.78 is 76.4. The SMILES string of the molecule is COCOc1cc(-c2ncc3c(NCC4CCC(C)N4C(=O)OC(C)(C)C)nc(S(C)(=O)=O)nc3c2F)c2c(C#[C][Tl])c(F)ccc2c1. The normalized spacial score (nSPS) is 16.5. The third-order valence-electron chi connectivity index (χ3n) is 7.73. The number of anilines is 1. The molecule has 2 aromatic carbocycles. The molecule has 1 saturated heterocycles. The van der Waals surface area contributed by atoms with Crippen molar-refractivity contribution in [1.29, 1.82) is 0 Å². The number of carbonyl (C=O) groups is 1. The first-order chi connectivity index (χ1) is 22.6. The van der Waals surface area contributed by atoms with E-state index in [0.717, 1.165) is 12.7 Å². The Balaban J connectivity index is 1.65. The van der Waals surface area contributed by atoms with Gasteiger partial charge in [-0.2, -0.15) is 0 Å². The summed E-state index contributed by atoms with van der Waals surface area (Å²) in [5, 5.41) is 3.46. The number of ether oxygens (including phenoxy) is 3. The Morgan fingerprint density at radius 1 is 1.19 bits per heavy atom. The van der Waals surface area contributed by atoms with Gasteiger partial charge in [0.05, 0.1) is 6.04 Å². The maximum absolute atomic E-state index is 16.7. The standard InChI is InChI=1S/C33H34F2N5O6S.Tl/c1-8-22-25(34)12-10-19-13-21(45-17-44-6)14-23(26(19)22)28-27(35)29-24(16-36-28)30(39-31(38-29)47(7,42)43)37-15-20-11-9-18(2)40(20)32(41)46-33(3,4)5;/h10,12-14,16,18,20H,9,11,15,17H2,2-7H3,(H,37,38,39);. The number of likely N-dealkylation sites (tertiary alicyclic amines) is 1. The fraction of sp³-hybridized carbons (Fsp3) is 0.394. The Bertz CT molecular complexity index is 2080. The number of hydrogen-bond donors (Lipinski definition) is 1. The first kappa shape index (κ1) is 35.6. The second-order valence-corrected chi connectivity index (χ2v) is 15.5. The van der Waals surface area contributed by atoms with E-state index in [1.807, 2.05) is 6.92 Å². The third kappa shape index (κ3) is 7.47. The van der Waals surface area contributed by atoms with Gasteiger partial charge in [0.2, 0.25) is 0 Å². The molecule has 1 fully saturated rings. The van der Waals surface area contributed by atoms with E-state index in [1.165, 1.54) is 31.5 Å². The topological polar surface area (TPSA) is 133 Å². The number of sulfone groups is 1. The minimum atomic E-state index is -4.00. The zero-order valence-electron chi connectivity index (χ0n) is 27.3. The quantitative estimate of drug-likeness (QED) is 0.109. The summed E-state index contributed by atoms with van der Waals surface area (Å²) in [6, 6.07) is 5.58. The number of nitrogens with zero attached hydrogens (tertiary/aromatic N) is 4. The summed E-state index contributed by atoms with van der Waals surface area (Å²) in [7, 11) is -2.55. The molecule has 1 amide bonds. The van der Waals surface area contributed by atoms with Crippen LogP contribution in [0.2, 0.25) is 0 Å². The Morgan fingerprint density at radius 3 is 2.60 bits per heavy atom. The van der Waals surface area contributed by atoms with Gasteiger partial charge >= 0.3 is 222 Å². The van der Waals surface area contributed by atoms with E-state index < -0.39 is 38.3 Å². The van der Waals surface area contributed by atoms with Crippen LogP contribution in [-0.4, -0.2) is 105 Å². The van der Waals surface area contributed by atoms with E-state index in [2.05, 4.69) is 29.7 Å². The number of benzene rings is 2. The van der Waals surface area contributed by atoms with Crippen LogP contribution in [0.1, 0.15) is 46.1 Å². The molecule has 48 heavy (non-hydrogen) atoms. The van der Waals surface area contributed by atoms with Gasteiger partial charge in [-0.3, -0.25) is 0 Å². The van der Waals surface area contributed by atoms with Crippen molar-refractivity contribution in [2.24, 2.45) is 0 Å². The Kier molecular flexibility index (Phi) is 10.4. The summed E-state index contributed by atoms with van der Waals surface area (Å²) in [6.07, 6.45) is 3.19. The monoisotopic (exact) mass is 871 g/mol. The van der Waals surface area contributed by atoms with Crippen molar-refractivity contribution in [2.45, 2.75) is 63.4 Å². The van der Waals surface area contributed by atoms with Crippen molar-refractivity contribution in [3.8, 4) is 26.4 Å². The molecule has 0 radical (unpaired) electrons. The van der Waals surface area contributed by atoms with Crippen LogP contribution < -0.4 is 10.1 Å². The van der Waals surface area contributed by atoms with Crippen molar-refractivity contribution in [3.05, 3.63) is 47.7 Å². The summed E-state index contributed by atoms with van der Waals surface area (Å²) >= 11 is 0.258. The first-order valence-corrected chi connectivity index (χ1v) is 19.2. The molecule has 0 spiro atoms. The van der Waals surface area contributed by atoms with Crippen LogP contribution in [0.4, 0.5) is 19.4 Å². The zero-order valence-corrected chi connectivity index (χ0v) is 32.7. The van der Waals surface area contributed by atoms with E-state index >= 15 is 8.78 Å². The summed E-state index contributed by atoms with van der Waals surface area (Å²) in [5.41, 5.74) is -0.977. The van der Waals surface area contributed by atoms with E-state index in [0.29, 0.717) is 22.9 Å². The zero-order chi connectivity index (χ0) is 35.0. The van der Waals surface area contributed by atoms with Crippen molar-refractivity contribution in [1.82, 2.24) is 19.9 Å². The Labute approximate surface area is 293 Å². The van der Waals surface area contributed by atoms with Crippen LogP contribution in [0.5, 0.6) is 5.75 Å². The van der Waals surface area contributed by atoms with Gasteiger partial charge in [0.15, 0.2) is 0 Å². The second-order valence-electron chi connectivity index (χ2n) is 12.5. The number of aromatic nitrogens is 3. The van der Waals surface area contributed by atoms with Gasteiger partial charge in [-0.1, -0.05) is 0 Å². The first-order valence-electron chi connectivity index (χ1n) is 15.0. The van der Waals surface area contributed by atoms with Crippen molar-refractivity contribution < 1.29 is 36.2 Å². The number of fused-ring (bicyclic) bond motifs is 2. The van der Waals surface area contributed by atoms with Crippen LogP contribution in [0.25, 0.3) is 32.9 Å². The molecule has 5 rings (SSSR count). The number of nitrogens with one attached hydrogen (secondary N) is 1. The van der Waals surface area contributed by atoms with Gasteiger partial charge in [0.1, 0.15) is 5.60 Å². The van der Waals surface area contributed by atoms with Gasteiger partial charge in [0, 0.05) is 6.04 Å². The minimum absolute atomic E-state index is 0.0265. The van der Waals surface area contributed by atoms with Crippen molar-refractivity contribution in [3.63, 3.8) is 0 Å². The van der Waals surface area contributed by atoms with Crippen LogP contribution in [-0.2, 0) is 19.3 Å². The number of pyridine rings is 1. The summed E-state index contributed by atoms with van der Waals surface area (Å²) in [6.45, 7) is 7.37. The molecule has 0 saturated carbocycles. The number of hydrogen-bond acceptors (Lipinski definition) is 10. The van der Waals surface area contributed by atoms with E-state index in [9.17, 15) is 13.2 Å². The number of halogens is 2. The molecule has 1 aliphatic rings. The van der Waals surface area contributed by atoms with Gasteiger partial charge < -0.3 is 9.64 Å². The molecule has 15 heteroatoms.